The lowest BCUT2D eigenvalue weighted by Crippen LogP contribution is -2.35. The number of hydrogen-bond donors (Lipinski definition) is 2. The molecule has 2 rings (SSSR count). The van der Waals surface area contributed by atoms with E-state index in [1.165, 1.54) is 48.3 Å². The molecular formula is C19H22FN3O4S. The molecular weight excluding hydrogens is 385 g/mol. The van der Waals surface area contributed by atoms with Gasteiger partial charge in [-0.15, -0.1) is 0 Å². The highest BCUT2D eigenvalue weighted by Crippen LogP contribution is 2.15. The van der Waals surface area contributed by atoms with Gasteiger partial charge in [-0.05, 0) is 42.8 Å². The maximum Gasteiger partial charge on any atom is 0.254 e. The maximum absolute atomic E-state index is 13.2. The van der Waals surface area contributed by atoms with Crippen LogP contribution in [0.5, 0.6) is 0 Å². The van der Waals surface area contributed by atoms with Gasteiger partial charge in [-0.25, -0.2) is 12.8 Å². The highest BCUT2D eigenvalue weighted by molar-refractivity contribution is 7.92. The standard InChI is InChI=1S/C19H22FN3O4S/c1-3-10-28(26,27)22-17-9-4-6-14(11-17)19(25)23(2)13-18(24)21-16-8-5-7-15(20)12-16/h4-9,11-12,22H,3,10,13H2,1-2H3,(H,21,24). The fourth-order valence-corrected chi connectivity index (χ4v) is 3.61. The Hall–Kier alpha value is -2.94. The summed E-state index contributed by atoms with van der Waals surface area (Å²) >= 11 is 0. The van der Waals surface area contributed by atoms with Crippen LogP contribution in [0.3, 0.4) is 0 Å². The fourth-order valence-electron chi connectivity index (χ4n) is 2.49. The Morgan fingerprint density at radius 2 is 1.75 bits per heavy atom. The van der Waals surface area contributed by atoms with Crippen LogP contribution in [0.1, 0.15) is 23.7 Å². The number of halogens is 1. The van der Waals surface area contributed by atoms with Crippen molar-refractivity contribution in [2.24, 2.45) is 0 Å². The Bertz CT molecular complexity index is 963. The van der Waals surface area contributed by atoms with Gasteiger partial charge in [0, 0.05) is 24.0 Å². The summed E-state index contributed by atoms with van der Waals surface area (Å²) in [5, 5.41) is 2.51. The predicted molar refractivity (Wildman–Crippen MR) is 106 cm³/mol. The third-order valence-electron chi connectivity index (χ3n) is 3.69. The van der Waals surface area contributed by atoms with Gasteiger partial charge < -0.3 is 10.2 Å². The number of carbonyl (C=O) groups excluding carboxylic acids is 2. The van der Waals surface area contributed by atoms with Gasteiger partial charge >= 0.3 is 0 Å². The highest BCUT2D eigenvalue weighted by atomic mass is 32.2. The van der Waals surface area contributed by atoms with Crippen molar-refractivity contribution in [1.29, 1.82) is 0 Å². The lowest BCUT2D eigenvalue weighted by molar-refractivity contribution is -0.116. The van der Waals surface area contributed by atoms with Gasteiger partial charge in [0.2, 0.25) is 15.9 Å². The molecule has 2 aromatic carbocycles. The predicted octanol–water partition coefficient (Wildman–Crippen LogP) is 2.69. The van der Waals surface area contributed by atoms with Crippen LogP contribution in [-0.4, -0.2) is 44.5 Å². The van der Waals surface area contributed by atoms with Gasteiger partial charge in [-0.3, -0.25) is 14.3 Å². The van der Waals surface area contributed by atoms with E-state index in [1.807, 2.05) is 0 Å². The van der Waals surface area contributed by atoms with Gasteiger partial charge in [0.25, 0.3) is 5.91 Å². The second-order valence-corrected chi connectivity index (χ2v) is 8.06. The average molecular weight is 407 g/mol. The van der Waals surface area contributed by atoms with E-state index >= 15 is 0 Å². The number of sulfonamides is 1. The molecule has 0 radical (unpaired) electrons. The second kappa shape index (κ2) is 9.32. The number of likely N-dealkylation sites (N-methyl/N-ethyl adjacent to an activating group) is 1. The lowest BCUT2D eigenvalue weighted by atomic mass is 10.2. The summed E-state index contributed by atoms with van der Waals surface area (Å²) in [6.07, 6.45) is 0.469. The van der Waals surface area contributed by atoms with Crippen LogP contribution >= 0.6 is 0 Å². The van der Waals surface area contributed by atoms with E-state index in [9.17, 15) is 22.4 Å². The Labute approximate surface area is 163 Å². The van der Waals surface area contributed by atoms with Crippen molar-refractivity contribution < 1.29 is 22.4 Å². The normalized spacial score (nSPS) is 11.0. The number of anilines is 2. The van der Waals surface area contributed by atoms with Crippen LogP contribution in [-0.2, 0) is 14.8 Å². The van der Waals surface area contributed by atoms with Crippen LogP contribution in [0.15, 0.2) is 48.5 Å². The molecule has 0 aliphatic rings. The van der Waals surface area contributed by atoms with Crippen molar-refractivity contribution >= 4 is 33.2 Å². The molecule has 28 heavy (non-hydrogen) atoms. The Morgan fingerprint density at radius 3 is 2.43 bits per heavy atom. The quantitative estimate of drug-likeness (QED) is 0.703. The highest BCUT2D eigenvalue weighted by Gasteiger charge is 2.17. The summed E-state index contributed by atoms with van der Waals surface area (Å²) in [4.78, 5) is 25.8. The smallest absolute Gasteiger partial charge is 0.254 e. The molecule has 2 aromatic rings. The lowest BCUT2D eigenvalue weighted by Gasteiger charge is -2.17. The molecule has 9 heteroatoms. The topological polar surface area (TPSA) is 95.6 Å². The monoisotopic (exact) mass is 407 g/mol. The third kappa shape index (κ3) is 6.34. The van der Waals surface area contributed by atoms with Gasteiger partial charge in [-0.2, -0.15) is 0 Å². The molecule has 0 aliphatic carbocycles. The molecule has 0 heterocycles. The molecule has 0 aliphatic heterocycles. The van der Waals surface area contributed by atoms with Gasteiger partial charge in [0.05, 0.1) is 12.3 Å². The summed E-state index contributed by atoms with van der Waals surface area (Å²) in [6, 6.07) is 11.5. The minimum Gasteiger partial charge on any atom is -0.332 e. The number of amides is 2. The molecule has 0 spiro atoms. The summed E-state index contributed by atoms with van der Waals surface area (Å²) in [5.74, 6) is -1.44. The van der Waals surface area contributed by atoms with Crippen molar-refractivity contribution in [2.75, 3.05) is 29.4 Å². The van der Waals surface area contributed by atoms with Crippen molar-refractivity contribution in [2.45, 2.75) is 13.3 Å². The van der Waals surface area contributed by atoms with Gasteiger partial charge in [0.1, 0.15) is 5.82 Å². The minimum absolute atomic E-state index is 0.0225. The molecule has 0 saturated heterocycles. The zero-order chi connectivity index (χ0) is 20.7. The summed E-state index contributed by atoms with van der Waals surface area (Å²) in [7, 11) is -2.03. The van der Waals surface area contributed by atoms with E-state index in [1.54, 1.807) is 19.1 Å². The Morgan fingerprint density at radius 1 is 1.07 bits per heavy atom. The van der Waals surface area contributed by atoms with E-state index < -0.39 is 27.7 Å². The second-order valence-electron chi connectivity index (χ2n) is 6.22. The first-order valence-corrected chi connectivity index (χ1v) is 10.3. The maximum atomic E-state index is 13.2. The number of benzene rings is 2. The number of hydrogen-bond acceptors (Lipinski definition) is 4. The average Bonchev–Trinajstić information content (AvgIpc) is 2.60. The number of nitrogens with one attached hydrogen (secondary N) is 2. The summed E-state index contributed by atoms with van der Waals surface area (Å²) in [6.45, 7) is 1.50. The molecule has 0 saturated carbocycles. The summed E-state index contributed by atoms with van der Waals surface area (Å²) in [5.41, 5.74) is 0.799. The van der Waals surface area contributed by atoms with E-state index in [2.05, 4.69) is 10.0 Å². The molecule has 0 atom stereocenters. The molecule has 150 valence electrons. The Balaban J connectivity index is 2.02. The zero-order valence-electron chi connectivity index (χ0n) is 15.6. The van der Waals surface area contributed by atoms with Gasteiger partial charge in [0.15, 0.2) is 0 Å². The third-order valence-corrected chi connectivity index (χ3v) is 5.18. The van der Waals surface area contributed by atoms with Crippen molar-refractivity contribution in [3.05, 3.63) is 59.9 Å². The zero-order valence-corrected chi connectivity index (χ0v) is 16.4. The molecule has 0 fully saturated rings. The molecule has 0 unspecified atom stereocenters. The number of rotatable bonds is 8. The minimum atomic E-state index is -3.47. The van der Waals surface area contributed by atoms with E-state index in [0.29, 0.717) is 6.42 Å². The van der Waals surface area contributed by atoms with Crippen molar-refractivity contribution in [3.8, 4) is 0 Å². The molecule has 2 N–H and O–H groups in total. The fraction of sp³-hybridized carbons (Fsp3) is 0.263. The molecule has 0 aromatic heterocycles. The van der Waals surface area contributed by atoms with Crippen LogP contribution in [0.4, 0.5) is 15.8 Å². The van der Waals surface area contributed by atoms with Crippen LogP contribution < -0.4 is 10.0 Å². The van der Waals surface area contributed by atoms with Crippen LogP contribution in [0.2, 0.25) is 0 Å². The van der Waals surface area contributed by atoms with Gasteiger partial charge in [-0.1, -0.05) is 19.1 Å². The van der Waals surface area contributed by atoms with Crippen molar-refractivity contribution in [1.82, 2.24) is 4.90 Å². The number of carbonyl (C=O) groups is 2. The first-order valence-electron chi connectivity index (χ1n) is 8.61. The number of nitrogens with zero attached hydrogens (tertiary/aromatic N) is 1. The van der Waals surface area contributed by atoms with E-state index in [-0.39, 0.29) is 29.2 Å². The SMILES string of the molecule is CCCS(=O)(=O)Nc1cccc(C(=O)N(C)CC(=O)Nc2cccc(F)c2)c1. The van der Waals surface area contributed by atoms with Crippen LogP contribution in [0.25, 0.3) is 0 Å². The van der Waals surface area contributed by atoms with E-state index in [0.717, 1.165) is 0 Å². The van der Waals surface area contributed by atoms with Crippen molar-refractivity contribution in [3.63, 3.8) is 0 Å². The largest absolute Gasteiger partial charge is 0.332 e. The first-order chi connectivity index (χ1) is 13.2. The first kappa shape index (κ1) is 21.4. The molecule has 7 nitrogen and oxygen atoms in total. The van der Waals surface area contributed by atoms with E-state index in [4.69, 9.17) is 0 Å². The molecule has 2 amide bonds. The molecule has 0 bridgehead atoms. The Kier molecular flexibility index (Phi) is 7.11. The van der Waals surface area contributed by atoms with Crippen LogP contribution in [0, 0.1) is 5.82 Å². The summed E-state index contributed by atoms with van der Waals surface area (Å²) < 4.78 is 39.3.